The van der Waals surface area contributed by atoms with E-state index in [0.717, 1.165) is 40.9 Å². The Morgan fingerprint density at radius 2 is 1.91 bits per heavy atom. The number of hydrogen-bond acceptors (Lipinski definition) is 1. The van der Waals surface area contributed by atoms with Crippen LogP contribution >= 0.6 is 0 Å². The normalized spacial score (nSPS) is 18.3. The summed E-state index contributed by atoms with van der Waals surface area (Å²) in [6.45, 7) is 4.12. The Labute approximate surface area is 130 Å². The second-order valence-corrected chi connectivity index (χ2v) is 6.45. The topological polar surface area (TPSA) is 44.9 Å². The Bertz CT molecular complexity index is 788. The number of carbonyl (C=O) groups is 1. The molecule has 3 heteroatoms. The molecule has 0 atom stereocenters. The second-order valence-electron chi connectivity index (χ2n) is 6.45. The van der Waals surface area contributed by atoms with Crippen LogP contribution in [-0.2, 0) is 17.6 Å². The van der Waals surface area contributed by atoms with Crippen LogP contribution in [0.4, 0.5) is 5.69 Å². The highest BCUT2D eigenvalue weighted by Gasteiger charge is 2.26. The summed E-state index contributed by atoms with van der Waals surface area (Å²) in [4.78, 5) is 15.8. The number of benzene rings is 1. The van der Waals surface area contributed by atoms with Crippen molar-refractivity contribution in [2.75, 3.05) is 5.32 Å². The van der Waals surface area contributed by atoms with Crippen molar-refractivity contribution in [2.24, 2.45) is 0 Å². The molecular weight excluding hydrogens is 272 g/mol. The molecule has 4 rings (SSSR count). The van der Waals surface area contributed by atoms with Gasteiger partial charge in [-0.3, -0.25) is 4.79 Å². The number of fused-ring (bicyclic) bond motifs is 2. The fraction of sp³-hybridized carbons (Fsp3) is 0.316. The smallest absolute Gasteiger partial charge is 0.256 e. The van der Waals surface area contributed by atoms with Crippen molar-refractivity contribution >= 4 is 23.2 Å². The Kier molecular flexibility index (Phi) is 2.96. The van der Waals surface area contributed by atoms with Crippen molar-refractivity contribution in [1.82, 2.24) is 4.98 Å². The first kappa shape index (κ1) is 13.4. The van der Waals surface area contributed by atoms with E-state index in [2.05, 4.69) is 36.3 Å². The molecule has 0 unspecified atom stereocenters. The molecule has 0 radical (unpaired) electrons. The Balaban J connectivity index is 1.80. The molecule has 1 aliphatic carbocycles. The number of aryl methyl sites for hydroxylation is 4. The molecule has 2 aromatic rings. The molecule has 1 aliphatic heterocycles. The standard InChI is InChI=1S/C19H20N2O/c1-11-7-12(2)18-15(19(22)21-17(18)8-11)10-14-9-13-5-3-4-6-16(13)20-14/h7-10,20H,3-6H2,1-2H3,(H,21,22). The molecule has 1 amide bonds. The highest BCUT2D eigenvalue weighted by atomic mass is 16.2. The van der Waals surface area contributed by atoms with Crippen LogP contribution in [0.1, 0.15) is 46.5 Å². The van der Waals surface area contributed by atoms with E-state index in [1.807, 2.05) is 12.1 Å². The Morgan fingerprint density at radius 1 is 1.09 bits per heavy atom. The van der Waals surface area contributed by atoms with Gasteiger partial charge in [-0.25, -0.2) is 0 Å². The van der Waals surface area contributed by atoms with Crippen LogP contribution in [0.3, 0.4) is 0 Å². The first-order valence-electron chi connectivity index (χ1n) is 7.97. The van der Waals surface area contributed by atoms with Gasteiger partial charge in [0.1, 0.15) is 0 Å². The summed E-state index contributed by atoms with van der Waals surface area (Å²) in [5.74, 6) is -0.00345. The lowest BCUT2D eigenvalue weighted by atomic mass is 9.97. The van der Waals surface area contributed by atoms with E-state index in [-0.39, 0.29) is 5.91 Å². The van der Waals surface area contributed by atoms with Crippen LogP contribution in [0.15, 0.2) is 18.2 Å². The maximum Gasteiger partial charge on any atom is 0.256 e. The van der Waals surface area contributed by atoms with Crippen molar-refractivity contribution in [3.63, 3.8) is 0 Å². The summed E-state index contributed by atoms with van der Waals surface area (Å²) in [6, 6.07) is 6.38. The predicted molar refractivity (Wildman–Crippen MR) is 89.9 cm³/mol. The lowest BCUT2D eigenvalue weighted by molar-refractivity contribution is -0.110. The largest absolute Gasteiger partial charge is 0.359 e. The molecule has 0 saturated carbocycles. The third-order valence-corrected chi connectivity index (χ3v) is 4.68. The van der Waals surface area contributed by atoms with Gasteiger partial charge in [0.2, 0.25) is 0 Å². The minimum Gasteiger partial charge on any atom is -0.359 e. The highest BCUT2D eigenvalue weighted by molar-refractivity contribution is 6.35. The van der Waals surface area contributed by atoms with Gasteiger partial charge in [-0.15, -0.1) is 0 Å². The fourth-order valence-electron chi connectivity index (χ4n) is 3.73. The van der Waals surface area contributed by atoms with E-state index in [4.69, 9.17) is 0 Å². The summed E-state index contributed by atoms with van der Waals surface area (Å²) in [5, 5.41) is 2.99. The SMILES string of the molecule is Cc1cc(C)c2c(c1)NC(=O)C2=Cc1cc2c([nH]1)CCCC2. The first-order chi connectivity index (χ1) is 10.6. The molecule has 22 heavy (non-hydrogen) atoms. The van der Waals surface area contributed by atoms with Crippen molar-refractivity contribution < 1.29 is 4.79 Å². The van der Waals surface area contributed by atoms with Crippen molar-refractivity contribution in [3.05, 3.63) is 51.8 Å². The molecule has 1 aromatic heterocycles. The maximum atomic E-state index is 12.3. The van der Waals surface area contributed by atoms with Crippen LogP contribution in [0.2, 0.25) is 0 Å². The van der Waals surface area contributed by atoms with Crippen LogP contribution < -0.4 is 5.32 Å². The third-order valence-electron chi connectivity index (χ3n) is 4.68. The van der Waals surface area contributed by atoms with E-state index < -0.39 is 0 Å². The fourth-order valence-corrected chi connectivity index (χ4v) is 3.73. The average Bonchev–Trinajstić information content (AvgIpc) is 3.00. The van der Waals surface area contributed by atoms with E-state index in [9.17, 15) is 4.79 Å². The number of aromatic nitrogens is 1. The van der Waals surface area contributed by atoms with Crippen molar-refractivity contribution in [1.29, 1.82) is 0 Å². The minimum absolute atomic E-state index is 0.00345. The van der Waals surface area contributed by atoms with Crippen molar-refractivity contribution in [3.8, 4) is 0 Å². The van der Waals surface area contributed by atoms with Crippen LogP contribution in [0.25, 0.3) is 11.6 Å². The van der Waals surface area contributed by atoms with Gasteiger partial charge in [-0.05, 0) is 74.4 Å². The van der Waals surface area contributed by atoms with Gasteiger partial charge in [0.15, 0.2) is 0 Å². The number of hydrogen-bond donors (Lipinski definition) is 2. The summed E-state index contributed by atoms with van der Waals surface area (Å²) in [5.41, 5.74) is 8.88. The zero-order chi connectivity index (χ0) is 15.3. The summed E-state index contributed by atoms with van der Waals surface area (Å²) in [7, 11) is 0. The zero-order valence-electron chi connectivity index (χ0n) is 13.0. The van der Waals surface area contributed by atoms with Gasteiger partial charge in [-0.2, -0.15) is 0 Å². The van der Waals surface area contributed by atoms with Crippen molar-refractivity contribution in [2.45, 2.75) is 39.5 Å². The van der Waals surface area contributed by atoms with Gasteiger partial charge in [-0.1, -0.05) is 6.07 Å². The lowest BCUT2D eigenvalue weighted by Gasteiger charge is -2.08. The summed E-state index contributed by atoms with van der Waals surface area (Å²) >= 11 is 0. The molecule has 2 aliphatic rings. The minimum atomic E-state index is -0.00345. The number of aromatic amines is 1. The van der Waals surface area contributed by atoms with Gasteiger partial charge >= 0.3 is 0 Å². The van der Waals surface area contributed by atoms with Crippen LogP contribution in [0.5, 0.6) is 0 Å². The monoisotopic (exact) mass is 292 g/mol. The molecule has 0 spiro atoms. The Morgan fingerprint density at radius 3 is 2.73 bits per heavy atom. The molecule has 0 fully saturated rings. The van der Waals surface area contributed by atoms with Gasteiger partial charge < -0.3 is 10.3 Å². The molecular formula is C19H20N2O. The van der Waals surface area contributed by atoms with E-state index in [1.165, 1.54) is 29.7 Å². The first-order valence-corrected chi connectivity index (χ1v) is 7.97. The maximum absolute atomic E-state index is 12.3. The molecule has 112 valence electrons. The predicted octanol–water partition coefficient (Wildman–Crippen LogP) is 4.00. The lowest BCUT2D eigenvalue weighted by Crippen LogP contribution is -2.03. The molecule has 2 heterocycles. The van der Waals surface area contributed by atoms with E-state index in [0.29, 0.717) is 0 Å². The number of H-pyrrole nitrogens is 1. The molecule has 2 N–H and O–H groups in total. The van der Waals surface area contributed by atoms with E-state index >= 15 is 0 Å². The van der Waals surface area contributed by atoms with E-state index in [1.54, 1.807) is 0 Å². The number of rotatable bonds is 1. The highest BCUT2D eigenvalue weighted by Crippen LogP contribution is 2.36. The Hall–Kier alpha value is -2.29. The molecule has 0 bridgehead atoms. The van der Waals surface area contributed by atoms with Crippen LogP contribution in [0, 0.1) is 13.8 Å². The number of amides is 1. The van der Waals surface area contributed by atoms with Crippen LogP contribution in [-0.4, -0.2) is 10.9 Å². The van der Waals surface area contributed by atoms with Gasteiger partial charge in [0, 0.05) is 22.6 Å². The molecule has 3 nitrogen and oxygen atoms in total. The third kappa shape index (κ3) is 2.08. The summed E-state index contributed by atoms with van der Waals surface area (Å²) in [6.07, 6.45) is 6.80. The average molecular weight is 292 g/mol. The second kappa shape index (κ2) is 4.87. The number of anilines is 1. The number of carbonyl (C=O) groups excluding carboxylic acids is 1. The van der Waals surface area contributed by atoms with Gasteiger partial charge in [0.25, 0.3) is 5.91 Å². The van der Waals surface area contributed by atoms with Gasteiger partial charge in [0.05, 0.1) is 5.57 Å². The zero-order valence-corrected chi connectivity index (χ0v) is 13.0. The summed E-state index contributed by atoms with van der Waals surface area (Å²) < 4.78 is 0. The molecule has 0 saturated heterocycles. The number of nitrogens with one attached hydrogen (secondary N) is 2. The molecule has 1 aromatic carbocycles. The quantitative estimate of drug-likeness (QED) is 0.767.